The first-order valence-corrected chi connectivity index (χ1v) is 8.01. The van der Waals surface area contributed by atoms with Gasteiger partial charge in [-0.25, -0.2) is 18.4 Å². The number of ether oxygens (including phenoxy) is 2. The van der Waals surface area contributed by atoms with Gasteiger partial charge < -0.3 is 9.47 Å². The first-order chi connectivity index (χ1) is 11.2. The molecule has 1 heterocycles. The molecule has 11 heteroatoms. The lowest BCUT2D eigenvalue weighted by atomic mass is 10.3. The second kappa shape index (κ2) is 6.91. The Morgan fingerprint density at radius 2 is 1.71 bits per heavy atom. The van der Waals surface area contributed by atoms with Gasteiger partial charge in [0.15, 0.2) is 0 Å². The van der Waals surface area contributed by atoms with Gasteiger partial charge in [0.05, 0.1) is 29.6 Å². The highest BCUT2D eigenvalue weighted by Crippen LogP contribution is 2.24. The van der Waals surface area contributed by atoms with Gasteiger partial charge >= 0.3 is 12.4 Å². The molecule has 1 N–H and O–H groups in total. The zero-order valence-electron chi connectivity index (χ0n) is 12.2. The number of hydrogen-bond donors (Lipinski definition) is 1. The molecule has 2 rings (SSSR count). The number of rotatable bonds is 6. The summed E-state index contributed by atoms with van der Waals surface area (Å²) in [6, 6.07) is 3.86. The molecule has 1 aromatic heterocycles. The van der Waals surface area contributed by atoms with Crippen molar-refractivity contribution in [2.45, 2.75) is 18.2 Å². The quantitative estimate of drug-likeness (QED) is 0.848. The highest BCUT2D eigenvalue weighted by molar-refractivity contribution is 7.92. The first-order valence-electron chi connectivity index (χ1n) is 6.53. The fourth-order valence-electron chi connectivity index (χ4n) is 1.61. The largest absolute Gasteiger partial charge is 0.573 e. The molecular formula is C13H12F3N3O4S. The van der Waals surface area contributed by atoms with Gasteiger partial charge in [-0.3, -0.25) is 4.72 Å². The van der Waals surface area contributed by atoms with Crippen LogP contribution in [0, 0.1) is 0 Å². The van der Waals surface area contributed by atoms with E-state index in [1.165, 1.54) is 12.4 Å². The van der Waals surface area contributed by atoms with Crippen LogP contribution in [-0.2, 0) is 10.0 Å². The van der Waals surface area contributed by atoms with Crippen LogP contribution in [0.25, 0.3) is 0 Å². The maximum Gasteiger partial charge on any atom is 0.573 e. The molecular weight excluding hydrogens is 351 g/mol. The van der Waals surface area contributed by atoms with Crippen molar-refractivity contribution in [3.63, 3.8) is 0 Å². The third kappa shape index (κ3) is 4.98. The number of benzene rings is 1. The first kappa shape index (κ1) is 17.8. The summed E-state index contributed by atoms with van der Waals surface area (Å²) in [5.41, 5.74) is 0.0778. The smallest absolute Gasteiger partial charge is 0.464 e. The Balaban J connectivity index is 2.12. The van der Waals surface area contributed by atoms with Crippen LogP contribution >= 0.6 is 0 Å². The summed E-state index contributed by atoms with van der Waals surface area (Å²) >= 11 is 0. The van der Waals surface area contributed by atoms with E-state index >= 15 is 0 Å². The maximum atomic E-state index is 12.1. The van der Waals surface area contributed by atoms with Crippen LogP contribution in [0.15, 0.2) is 41.6 Å². The Kier molecular flexibility index (Phi) is 5.12. The number of nitrogens with zero attached hydrogens (tertiary/aromatic N) is 2. The van der Waals surface area contributed by atoms with Gasteiger partial charge in [0.25, 0.3) is 10.0 Å². The third-order valence-electron chi connectivity index (χ3n) is 2.52. The van der Waals surface area contributed by atoms with E-state index in [0.29, 0.717) is 6.61 Å². The van der Waals surface area contributed by atoms with E-state index in [-0.39, 0.29) is 16.6 Å². The number of anilines is 1. The van der Waals surface area contributed by atoms with Gasteiger partial charge in [-0.1, -0.05) is 0 Å². The minimum atomic E-state index is -4.85. The van der Waals surface area contributed by atoms with Crippen molar-refractivity contribution in [1.82, 2.24) is 9.97 Å². The van der Waals surface area contributed by atoms with Crippen molar-refractivity contribution < 1.29 is 31.1 Å². The second-order valence-electron chi connectivity index (χ2n) is 4.31. The highest BCUT2D eigenvalue weighted by atomic mass is 32.2. The molecule has 1 aromatic carbocycles. The number of nitrogens with one attached hydrogen (secondary N) is 1. The minimum absolute atomic E-state index is 0.0778. The van der Waals surface area contributed by atoms with E-state index in [1.54, 1.807) is 6.92 Å². The molecule has 0 radical (unpaired) electrons. The van der Waals surface area contributed by atoms with Gasteiger partial charge in [0.2, 0.25) is 0 Å². The molecule has 0 atom stereocenters. The predicted molar refractivity (Wildman–Crippen MR) is 77.1 cm³/mol. The van der Waals surface area contributed by atoms with Gasteiger partial charge in [-0.2, -0.15) is 0 Å². The minimum Gasteiger partial charge on any atom is -0.464 e. The Labute approximate surface area is 135 Å². The van der Waals surface area contributed by atoms with E-state index in [1.807, 2.05) is 0 Å². The number of aromatic nitrogens is 2. The number of sulfonamides is 1. The SMILES string of the molecule is CCOc1ncc(NS(=O)(=O)c2ccc(OC(F)(F)F)cc2)cn1. The van der Waals surface area contributed by atoms with E-state index in [9.17, 15) is 21.6 Å². The monoisotopic (exact) mass is 363 g/mol. The number of halogens is 3. The molecule has 2 aromatic rings. The predicted octanol–water partition coefficient (Wildman–Crippen LogP) is 2.57. The van der Waals surface area contributed by atoms with Crippen LogP contribution in [0.3, 0.4) is 0 Å². The Hall–Kier alpha value is -2.56. The van der Waals surface area contributed by atoms with Crippen LogP contribution in [0.5, 0.6) is 11.8 Å². The summed E-state index contributed by atoms with van der Waals surface area (Å²) in [5, 5.41) is 0. The van der Waals surface area contributed by atoms with Crippen LogP contribution < -0.4 is 14.2 Å². The van der Waals surface area contributed by atoms with Crippen molar-refractivity contribution in [3.05, 3.63) is 36.7 Å². The molecule has 0 fully saturated rings. The normalized spacial score (nSPS) is 11.8. The van der Waals surface area contributed by atoms with Crippen molar-refractivity contribution in [1.29, 1.82) is 0 Å². The van der Waals surface area contributed by atoms with Gasteiger partial charge in [-0.05, 0) is 31.2 Å². The maximum absolute atomic E-state index is 12.1. The molecule has 0 aliphatic heterocycles. The topological polar surface area (TPSA) is 90.4 Å². The standard InChI is InChI=1S/C13H12F3N3O4S/c1-2-22-12-17-7-9(8-18-12)19-24(20,21)11-5-3-10(4-6-11)23-13(14,15)16/h3-8,19H,2H2,1H3. The molecule has 0 bridgehead atoms. The molecule has 0 saturated heterocycles. The molecule has 0 aliphatic rings. The fourth-order valence-corrected chi connectivity index (χ4v) is 2.64. The summed E-state index contributed by atoms with van der Waals surface area (Å²) in [6.07, 6.45) is -2.44. The lowest BCUT2D eigenvalue weighted by Crippen LogP contribution is -2.17. The Bertz CT molecular complexity index is 778. The summed E-state index contributed by atoms with van der Waals surface area (Å²) < 4.78 is 71.4. The average Bonchev–Trinajstić information content (AvgIpc) is 2.48. The van der Waals surface area contributed by atoms with Crippen molar-refractivity contribution in [3.8, 4) is 11.8 Å². The highest BCUT2D eigenvalue weighted by Gasteiger charge is 2.31. The molecule has 130 valence electrons. The summed E-state index contributed by atoms with van der Waals surface area (Å²) in [4.78, 5) is 7.35. The Morgan fingerprint density at radius 1 is 1.12 bits per heavy atom. The van der Waals surface area contributed by atoms with Crippen LogP contribution in [-0.4, -0.2) is 31.4 Å². The zero-order valence-corrected chi connectivity index (χ0v) is 13.1. The van der Waals surface area contributed by atoms with E-state index in [2.05, 4.69) is 19.4 Å². The van der Waals surface area contributed by atoms with Crippen molar-refractivity contribution >= 4 is 15.7 Å². The summed E-state index contributed by atoms with van der Waals surface area (Å²) in [7, 11) is -4.01. The van der Waals surface area contributed by atoms with E-state index in [4.69, 9.17) is 4.74 Å². The molecule has 7 nitrogen and oxygen atoms in total. The number of alkyl halides is 3. The summed E-state index contributed by atoms with van der Waals surface area (Å²) in [6.45, 7) is 2.10. The van der Waals surface area contributed by atoms with E-state index < -0.39 is 22.1 Å². The van der Waals surface area contributed by atoms with Crippen molar-refractivity contribution in [2.75, 3.05) is 11.3 Å². The van der Waals surface area contributed by atoms with Crippen molar-refractivity contribution in [2.24, 2.45) is 0 Å². The van der Waals surface area contributed by atoms with Crippen LogP contribution in [0.4, 0.5) is 18.9 Å². The lowest BCUT2D eigenvalue weighted by Gasteiger charge is -2.10. The van der Waals surface area contributed by atoms with Gasteiger partial charge in [0, 0.05) is 0 Å². The van der Waals surface area contributed by atoms with Gasteiger partial charge in [-0.15, -0.1) is 13.2 Å². The molecule has 0 spiro atoms. The van der Waals surface area contributed by atoms with Gasteiger partial charge in [0.1, 0.15) is 5.75 Å². The molecule has 0 amide bonds. The fraction of sp³-hybridized carbons (Fsp3) is 0.231. The molecule has 0 aliphatic carbocycles. The lowest BCUT2D eigenvalue weighted by molar-refractivity contribution is -0.274. The Morgan fingerprint density at radius 3 is 2.21 bits per heavy atom. The molecule has 24 heavy (non-hydrogen) atoms. The zero-order chi connectivity index (χ0) is 17.8. The average molecular weight is 363 g/mol. The number of hydrogen-bond acceptors (Lipinski definition) is 6. The third-order valence-corrected chi connectivity index (χ3v) is 3.92. The van der Waals surface area contributed by atoms with Crippen LogP contribution in [0.2, 0.25) is 0 Å². The molecule has 0 saturated carbocycles. The van der Waals surface area contributed by atoms with Crippen LogP contribution in [0.1, 0.15) is 6.92 Å². The second-order valence-corrected chi connectivity index (χ2v) is 5.99. The summed E-state index contributed by atoms with van der Waals surface area (Å²) in [5.74, 6) is -0.522. The van der Waals surface area contributed by atoms with E-state index in [0.717, 1.165) is 24.3 Å². The molecule has 0 unspecified atom stereocenters.